The van der Waals surface area contributed by atoms with E-state index in [4.69, 9.17) is 17.0 Å². The Kier molecular flexibility index (Phi) is 5.46. The zero-order valence-corrected chi connectivity index (χ0v) is 13.5. The molecule has 2 aromatic rings. The minimum absolute atomic E-state index is 0.240. The van der Waals surface area contributed by atoms with Gasteiger partial charge in [0, 0.05) is 6.54 Å². The molecule has 0 aliphatic heterocycles. The first-order chi connectivity index (χ1) is 10.1. The second kappa shape index (κ2) is 7.33. The number of amides is 1. The molecule has 1 heterocycles. The molecule has 0 saturated heterocycles. The van der Waals surface area contributed by atoms with E-state index >= 15 is 0 Å². The quantitative estimate of drug-likeness (QED) is 0.845. The van der Waals surface area contributed by atoms with Crippen molar-refractivity contribution in [3.8, 4) is 0 Å². The number of carbonyl (C=O) groups excluding carboxylic acids is 1. The summed E-state index contributed by atoms with van der Waals surface area (Å²) >= 11 is 6.28. The molecule has 112 valence electrons. The highest BCUT2D eigenvalue weighted by atomic mass is 32.1. The predicted octanol–water partition coefficient (Wildman–Crippen LogP) is 4.00. The molecule has 1 N–H and O–H groups in total. The monoisotopic (exact) mass is 323 g/mol. The average molecular weight is 323 g/mol. The van der Waals surface area contributed by atoms with Crippen LogP contribution < -0.4 is 4.90 Å². The first kappa shape index (κ1) is 15.7. The maximum Gasteiger partial charge on any atom is 0.416 e. The summed E-state index contributed by atoms with van der Waals surface area (Å²) in [4.78, 5) is 13.8. The van der Waals surface area contributed by atoms with Crippen LogP contribution in [0.2, 0.25) is 0 Å². The first-order valence-corrected chi connectivity index (χ1v) is 7.82. The SMILES string of the molecule is CC(C)CN(C(=O)OCc1ccccc1)c1n[nH]c(=S)s1. The lowest BCUT2D eigenvalue weighted by Gasteiger charge is -2.20. The maximum atomic E-state index is 12.3. The molecule has 2 rings (SSSR count). The van der Waals surface area contributed by atoms with Gasteiger partial charge in [-0.15, -0.1) is 5.10 Å². The zero-order valence-electron chi connectivity index (χ0n) is 11.9. The van der Waals surface area contributed by atoms with E-state index in [2.05, 4.69) is 10.2 Å². The van der Waals surface area contributed by atoms with Gasteiger partial charge in [-0.1, -0.05) is 55.5 Å². The number of anilines is 1. The molecule has 1 aromatic heterocycles. The van der Waals surface area contributed by atoms with Crippen LogP contribution in [0.25, 0.3) is 0 Å². The number of hydrogen-bond acceptors (Lipinski definition) is 5. The van der Waals surface area contributed by atoms with Crippen molar-refractivity contribution < 1.29 is 9.53 Å². The summed E-state index contributed by atoms with van der Waals surface area (Å²) in [6.07, 6.45) is -0.412. The number of carbonyl (C=O) groups is 1. The number of aromatic nitrogens is 2. The Bertz CT molecular complexity index is 637. The van der Waals surface area contributed by atoms with E-state index in [1.165, 1.54) is 16.2 Å². The Balaban J connectivity index is 2.06. The number of rotatable bonds is 5. The molecule has 7 heteroatoms. The molecule has 0 aliphatic carbocycles. The van der Waals surface area contributed by atoms with Crippen LogP contribution in [0.3, 0.4) is 0 Å². The molecule has 0 spiro atoms. The minimum Gasteiger partial charge on any atom is -0.444 e. The van der Waals surface area contributed by atoms with Gasteiger partial charge in [-0.05, 0) is 23.7 Å². The Morgan fingerprint density at radius 2 is 2.14 bits per heavy atom. The van der Waals surface area contributed by atoms with E-state index < -0.39 is 6.09 Å². The maximum absolute atomic E-state index is 12.3. The molecule has 0 fully saturated rings. The number of benzene rings is 1. The Morgan fingerprint density at radius 3 is 2.71 bits per heavy atom. The number of H-pyrrole nitrogens is 1. The number of nitrogens with one attached hydrogen (secondary N) is 1. The first-order valence-electron chi connectivity index (χ1n) is 6.60. The second-order valence-corrected chi connectivity index (χ2v) is 6.58. The van der Waals surface area contributed by atoms with Crippen LogP contribution in [0, 0.1) is 9.87 Å². The fraction of sp³-hybridized carbons (Fsp3) is 0.357. The molecular weight excluding hydrogens is 306 g/mol. The molecule has 1 amide bonds. The van der Waals surface area contributed by atoms with E-state index in [1.54, 1.807) is 0 Å². The van der Waals surface area contributed by atoms with Gasteiger partial charge in [0.25, 0.3) is 0 Å². The summed E-state index contributed by atoms with van der Waals surface area (Å²) in [5, 5.41) is 7.28. The van der Waals surface area contributed by atoms with E-state index in [0.29, 0.717) is 21.5 Å². The van der Waals surface area contributed by atoms with Crippen molar-refractivity contribution in [2.45, 2.75) is 20.5 Å². The third-order valence-electron chi connectivity index (χ3n) is 2.63. The number of hydrogen-bond donors (Lipinski definition) is 1. The molecule has 1 aromatic carbocycles. The van der Waals surface area contributed by atoms with Gasteiger partial charge in [0.1, 0.15) is 6.61 Å². The molecule has 0 atom stereocenters. The van der Waals surface area contributed by atoms with Gasteiger partial charge in [0.2, 0.25) is 5.13 Å². The highest BCUT2D eigenvalue weighted by Gasteiger charge is 2.21. The molecule has 0 radical (unpaired) electrons. The van der Waals surface area contributed by atoms with Gasteiger partial charge in [0.05, 0.1) is 0 Å². The number of aromatic amines is 1. The highest BCUT2D eigenvalue weighted by Crippen LogP contribution is 2.20. The molecule has 0 aliphatic rings. The van der Waals surface area contributed by atoms with E-state index in [9.17, 15) is 4.79 Å². The van der Waals surface area contributed by atoms with Gasteiger partial charge >= 0.3 is 6.09 Å². The molecule has 0 unspecified atom stereocenters. The van der Waals surface area contributed by atoms with Gasteiger partial charge < -0.3 is 4.74 Å². The summed E-state index contributed by atoms with van der Waals surface area (Å²) < 4.78 is 5.90. The standard InChI is InChI=1S/C14H17N3O2S2/c1-10(2)8-17(12-15-16-13(20)21-12)14(18)19-9-11-6-4-3-5-7-11/h3-7,10H,8-9H2,1-2H3,(H,16,20). The number of ether oxygens (including phenoxy) is 1. The minimum atomic E-state index is -0.412. The zero-order chi connectivity index (χ0) is 15.2. The largest absolute Gasteiger partial charge is 0.444 e. The van der Waals surface area contributed by atoms with Crippen molar-refractivity contribution in [3.63, 3.8) is 0 Å². The summed E-state index contributed by atoms with van der Waals surface area (Å²) in [7, 11) is 0. The predicted molar refractivity (Wildman–Crippen MR) is 86.1 cm³/mol. The third-order valence-corrected chi connectivity index (χ3v) is 3.74. The summed E-state index contributed by atoms with van der Waals surface area (Å²) in [6, 6.07) is 9.58. The van der Waals surface area contributed by atoms with E-state index in [0.717, 1.165) is 5.56 Å². The Labute approximate surface area is 132 Å². The van der Waals surface area contributed by atoms with Crippen LogP contribution in [-0.4, -0.2) is 22.8 Å². The van der Waals surface area contributed by atoms with Crippen molar-refractivity contribution in [3.05, 3.63) is 39.8 Å². The van der Waals surface area contributed by atoms with Gasteiger partial charge in [-0.25, -0.2) is 4.79 Å². The number of nitrogens with zero attached hydrogens (tertiary/aromatic N) is 2. The molecule has 0 bridgehead atoms. The van der Waals surface area contributed by atoms with Crippen molar-refractivity contribution in [2.75, 3.05) is 11.4 Å². The average Bonchev–Trinajstić information content (AvgIpc) is 2.89. The van der Waals surface area contributed by atoms with Crippen LogP contribution in [0.5, 0.6) is 0 Å². The molecule has 21 heavy (non-hydrogen) atoms. The van der Waals surface area contributed by atoms with Crippen LogP contribution >= 0.6 is 23.6 Å². The van der Waals surface area contributed by atoms with Crippen LogP contribution in [0.4, 0.5) is 9.93 Å². The van der Waals surface area contributed by atoms with Crippen molar-refractivity contribution in [2.24, 2.45) is 5.92 Å². The van der Waals surface area contributed by atoms with Crippen molar-refractivity contribution in [1.82, 2.24) is 10.2 Å². The van der Waals surface area contributed by atoms with Gasteiger partial charge in [-0.2, -0.15) is 0 Å². The second-order valence-electron chi connectivity index (χ2n) is 4.94. The topological polar surface area (TPSA) is 58.2 Å². The van der Waals surface area contributed by atoms with Crippen LogP contribution in [0.1, 0.15) is 19.4 Å². The lowest BCUT2D eigenvalue weighted by Crippen LogP contribution is -2.34. The van der Waals surface area contributed by atoms with Crippen LogP contribution in [0.15, 0.2) is 30.3 Å². The van der Waals surface area contributed by atoms with Crippen molar-refractivity contribution in [1.29, 1.82) is 0 Å². The smallest absolute Gasteiger partial charge is 0.416 e. The summed E-state index contributed by atoms with van der Waals surface area (Å²) in [6.45, 7) is 4.83. The van der Waals surface area contributed by atoms with E-state index in [-0.39, 0.29) is 6.61 Å². The fourth-order valence-electron chi connectivity index (χ4n) is 1.73. The third kappa shape index (κ3) is 4.64. The summed E-state index contributed by atoms with van der Waals surface area (Å²) in [5.74, 6) is 0.298. The Morgan fingerprint density at radius 1 is 1.43 bits per heavy atom. The van der Waals surface area contributed by atoms with Crippen molar-refractivity contribution >= 4 is 34.8 Å². The normalized spacial score (nSPS) is 10.6. The van der Waals surface area contributed by atoms with Crippen LogP contribution in [-0.2, 0) is 11.3 Å². The molecule has 0 saturated carbocycles. The van der Waals surface area contributed by atoms with Gasteiger partial charge in [-0.3, -0.25) is 10.00 Å². The molecule has 5 nitrogen and oxygen atoms in total. The summed E-state index contributed by atoms with van der Waals surface area (Å²) in [5.41, 5.74) is 0.949. The lowest BCUT2D eigenvalue weighted by atomic mass is 10.2. The fourth-order valence-corrected chi connectivity index (χ4v) is 2.61. The van der Waals surface area contributed by atoms with Gasteiger partial charge in [0.15, 0.2) is 3.95 Å². The Hall–Kier alpha value is -1.73. The highest BCUT2D eigenvalue weighted by molar-refractivity contribution is 7.73. The molecular formula is C14H17N3O2S2. The lowest BCUT2D eigenvalue weighted by molar-refractivity contribution is 0.146. The van der Waals surface area contributed by atoms with E-state index in [1.807, 2.05) is 44.2 Å².